The van der Waals surface area contributed by atoms with Crippen LogP contribution >= 0.6 is 23.8 Å². The lowest BCUT2D eigenvalue weighted by Gasteiger charge is -2.28. The molecule has 0 radical (unpaired) electrons. The number of nitrogens with zero attached hydrogens (tertiary/aromatic N) is 3. The monoisotopic (exact) mass is 458 g/mol. The fourth-order valence-electron chi connectivity index (χ4n) is 4.61. The van der Waals surface area contributed by atoms with Gasteiger partial charge in [0, 0.05) is 34.0 Å². The molecular formula is C26H23ClN4S. The van der Waals surface area contributed by atoms with Gasteiger partial charge in [-0.05, 0) is 86.2 Å². The summed E-state index contributed by atoms with van der Waals surface area (Å²) in [6, 6.07) is 26.4. The Bertz CT molecular complexity index is 1250. The highest BCUT2D eigenvalue weighted by molar-refractivity contribution is 7.80. The summed E-state index contributed by atoms with van der Waals surface area (Å²) < 4.78 is 2.27. The van der Waals surface area contributed by atoms with Gasteiger partial charge in [-0.3, -0.25) is 4.98 Å². The van der Waals surface area contributed by atoms with Crippen molar-refractivity contribution in [3.63, 3.8) is 0 Å². The lowest BCUT2D eigenvalue weighted by Crippen LogP contribution is -2.29. The molecule has 1 aliphatic heterocycles. The maximum Gasteiger partial charge on any atom is 0.174 e. The zero-order valence-electron chi connectivity index (χ0n) is 17.9. The van der Waals surface area contributed by atoms with Crippen molar-refractivity contribution in [3.05, 3.63) is 113 Å². The van der Waals surface area contributed by atoms with Gasteiger partial charge in [0.05, 0.1) is 17.8 Å². The van der Waals surface area contributed by atoms with Gasteiger partial charge in [0.25, 0.3) is 0 Å². The van der Waals surface area contributed by atoms with Crippen LogP contribution in [0.15, 0.2) is 85.1 Å². The van der Waals surface area contributed by atoms with E-state index in [-0.39, 0.29) is 12.1 Å². The van der Waals surface area contributed by atoms with Crippen LogP contribution in [0.2, 0.25) is 5.02 Å². The summed E-state index contributed by atoms with van der Waals surface area (Å²) in [5.41, 5.74) is 6.65. The van der Waals surface area contributed by atoms with Crippen LogP contribution < -0.4 is 10.2 Å². The first-order valence-corrected chi connectivity index (χ1v) is 11.3. The van der Waals surface area contributed by atoms with E-state index in [4.69, 9.17) is 23.8 Å². The van der Waals surface area contributed by atoms with Crippen molar-refractivity contribution in [2.45, 2.75) is 25.9 Å². The van der Waals surface area contributed by atoms with E-state index in [1.165, 1.54) is 11.3 Å². The number of hydrogen-bond donors (Lipinski definition) is 1. The summed E-state index contributed by atoms with van der Waals surface area (Å²) in [5.74, 6) is 0. The van der Waals surface area contributed by atoms with E-state index in [1.807, 2.05) is 48.7 Å². The van der Waals surface area contributed by atoms with E-state index >= 15 is 0 Å². The highest BCUT2D eigenvalue weighted by atomic mass is 35.5. The van der Waals surface area contributed by atoms with Crippen LogP contribution in [0.4, 0.5) is 5.69 Å². The largest absolute Gasteiger partial charge is 0.351 e. The van der Waals surface area contributed by atoms with Crippen LogP contribution in [0.25, 0.3) is 5.69 Å². The van der Waals surface area contributed by atoms with Crippen molar-refractivity contribution in [2.24, 2.45) is 0 Å². The second kappa shape index (κ2) is 8.41. The molecule has 5 rings (SSSR count). The highest BCUT2D eigenvalue weighted by Gasteiger charge is 2.42. The first-order chi connectivity index (χ1) is 15.5. The van der Waals surface area contributed by atoms with Crippen LogP contribution in [0.3, 0.4) is 0 Å². The number of benzene rings is 2. The molecule has 1 aliphatic rings. The summed E-state index contributed by atoms with van der Waals surface area (Å²) in [6.07, 6.45) is 1.83. The van der Waals surface area contributed by atoms with Gasteiger partial charge < -0.3 is 14.8 Å². The van der Waals surface area contributed by atoms with E-state index in [9.17, 15) is 0 Å². The van der Waals surface area contributed by atoms with Crippen molar-refractivity contribution < 1.29 is 0 Å². The standard InChI is InChI=1S/C26H23ClN4S/c1-17-16-22(18(2)30(17)21-13-11-19(27)12-14-21)25-24(23-10-6-7-15-28-23)29-26(32)31(25)20-8-4-3-5-9-20/h3-16,24-25H,1-2H3,(H,29,32)/t24-,25-/m0/s1. The average molecular weight is 459 g/mol. The minimum Gasteiger partial charge on any atom is -0.351 e. The molecule has 0 unspecified atom stereocenters. The third kappa shape index (κ3) is 3.57. The van der Waals surface area contributed by atoms with Gasteiger partial charge in [-0.2, -0.15) is 0 Å². The number of para-hydroxylation sites is 1. The molecule has 1 fully saturated rings. The maximum absolute atomic E-state index is 6.13. The minimum absolute atomic E-state index is 0.0351. The first kappa shape index (κ1) is 20.7. The lowest BCUT2D eigenvalue weighted by molar-refractivity contribution is 0.565. The molecule has 0 aliphatic carbocycles. The zero-order valence-corrected chi connectivity index (χ0v) is 19.4. The Labute approximate surface area is 198 Å². The molecule has 2 aromatic heterocycles. The number of thiocarbonyl (C=S) groups is 1. The molecule has 0 spiro atoms. The van der Waals surface area contributed by atoms with Gasteiger partial charge in [-0.1, -0.05) is 35.9 Å². The smallest absolute Gasteiger partial charge is 0.174 e. The Balaban J connectivity index is 1.67. The molecule has 3 heterocycles. The summed E-state index contributed by atoms with van der Waals surface area (Å²) in [4.78, 5) is 6.87. The summed E-state index contributed by atoms with van der Waals surface area (Å²) in [7, 11) is 0. The number of anilines is 1. The molecule has 0 saturated carbocycles. The average Bonchev–Trinajstić information content (AvgIpc) is 3.31. The summed E-state index contributed by atoms with van der Waals surface area (Å²) >= 11 is 12.0. The zero-order chi connectivity index (χ0) is 22.2. The van der Waals surface area contributed by atoms with Gasteiger partial charge in [0.2, 0.25) is 0 Å². The molecule has 2 aromatic carbocycles. The van der Waals surface area contributed by atoms with Crippen LogP contribution in [-0.4, -0.2) is 14.7 Å². The van der Waals surface area contributed by atoms with E-state index in [1.54, 1.807) is 0 Å². The number of nitrogens with one attached hydrogen (secondary N) is 1. The van der Waals surface area contributed by atoms with Crippen molar-refractivity contribution in [2.75, 3.05) is 4.90 Å². The van der Waals surface area contributed by atoms with Crippen LogP contribution in [-0.2, 0) is 0 Å². The molecule has 4 nitrogen and oxygen atoms in total. The molecule has 1 N–H and O–H groups in total. The maximum atomic E-state index is 6.13. The van der Waals surface area contributed by atoms with Gasteiger partial charge in [-0.25, -0.2) is 0 Å². The number of halogens is 1. The second-order valence-corrected chi connectivity index (χ2v) is 8.79. The summed E-state index contributed by atoms with van der Waals surface area (Å²) in [6.45, 7) is 4.30. The van der Waals surface area contributed by atoms with E-state index in [0.29, 0.717) is 5.11 Å². The number of hydrogen-bond acceptors (Lipinski definition) is 2. The Morgan fingerprint density at radius 1 is 0.906 bits per heavy atom. The van der Waals surface area contributed by atoms with Gasteiger partial charge in [0.15, 0.2) is 5.11 Å². The molecule has 160 valence electrons. The Morgan fingerprint density at radius 2 is 1.62 bits per heavy atom. The molecule has 4 aromatic rings. The quantitative estimate of drug-likeness (QED) is 0.363. The fourth-order valence-corrected chi connectivity index (χ4v) is 5.08. The molecule has 32 heavy (non-hydrogen) atoms. The van der Waals surface area contributed by atoms with Gasteiger partial charge in [0.1, 0.15) is 0 Å². The topological polar surface area (TPSA) is 33.1 Å². The third-order valence-electron chi connectivity index (χ3n) is 6.01. The predicted molar refractivity (Wildman–Crippen MR) is 135 cm³/mol. The predicted octanol–water partition coefficient (Wildman–Crippen LogP) is 6.32. The highest BCUT2D eigenvalue weighted by Crippen LogP contribution is 2.43. The van der Waals surface area contributed by atoms with E-state index < -0.39 is 0 Å². The lowest BCUT2D eigenvalue weighted by atomic mass is 9.96. The minimum atomic E-state index is -0.0666. The number of aryl methyl sites for hydroxylation is 1. The number of rotatable bonds is 4. The van der Waals surface area contributed by atoms with Crippen LogP contribution in [0.1, 0.15) is 34.7 Å². The SMILES string of the molecule is Cc1cc([C@H]2[C@H](c3ccccn3)NC(=S)N2c2ccccc2)c(C)n1-c1ccc(Cl)cc1. The van der Waals surface area contributed by atoms with E-state index in [0.717, 1.165) is 27.8 Å². The molecule has 6 heteroatoms. The van der Waals surface area contributed by atoms with Crippen molar-refractivity contribution in [3.8, 4) is 5.69 Å². The fraction of sp³-hybridized carbons (Fsp3) is 0.154. The van der Waals surface area contributed by atoms with Gasteiger partial charge in [-0.15, -0.1) is 0 Å². The number of pyridine rings is 1. The Kier molecular flexibility index (Phi) is 5.45. The summed E-state index contributed by atoms with van der Waals surface area (Å²) in [5, 5.41) is 4.97. The van der Waals surface area contributed by atoms with Crippen LogP contribution in [0.5, 0.6) is 0 Å². The normalized spacial score (nSPS) is 18.1. The van der Waals surface area contributed by atoms with Crippen molar-refractivity contribution >= 4 is 34.6 Å². The molecule has 1 saturated heterocycles. The Morgan fingerprint density at radius 3 is 2.31 bits per heavy atom. The third-order valence-corrected chi connectivity index (χ3v) is 6.57. The van der Waals surface area contributed by atoms with Crippen molar-refractivity contribution in [1.82, 2.24) is 14.9 Å². The molecule has 0 amide bonds. The second-order valence-electron chi connectivity index (χ2n) is 7.97. The van der Waals surface area contributed by atoms with E-state index in [2.05, 4.69) is 70.0 Å². The number of aromatic nitrogens is 2. The van der Waals surface area contributed by atoms with Crippen molar-refractivity contribution in [1.29, 1.82) is 0 Å². The Hall–Kier alpha value is -3.15. The van der Waals surface area contributed by atoms with Gasteiger partial charge >= 0.3 is 0 Å². The van der Waals surface area contributed by atoms with Crippen LogP contribution in [0, 0.1) is 13.8 Å². The molecule has 0 bridgehead atoms. The molecule has 2 atom stereocenters. The first-order valence-electron chi connectivity index (χ1n) is 10.5. The molecular weight excluding hydrogens is 436 g/mol.